The third-order valence-corrected chi connectivity index (χ3v) is 3.42. The summed E-state index contributed by atoms with van der Waals surface area (Å²) in [6, 6.07) is 7.68. The number of hydrogen-bond acceptors (Lipinski definition) is 3. The van der Waals surface area contributed by atoms with E-state index in [1.54, 1.807) is 23.7 Å². The highest BCUT2D eigenvalue weighted by Gasteiger charge is 2.01. The lowest BCUT2D eigenvalue weighted by molar-refractivity contribution is 0.240. The number of amides is 2. The molecular formula is C13H15N3OS. The van der Waals surface area contributed by atoms with Crippen LogP contribution in [0.25, 0.3) is 0 Å². The minimum absolute atomic E-state index is 0.155. The van der Waals surface area contributed by atoms with Crippen LogP contribution in [-0.4, -0.2) is 11.0 Å². The maximum absolute atomic E-state index is 11.6. The van der Waals surface area contributed by atoms with Crippen molar-refractivity contribution in [3.63, 3.8) is 0 Å². The first-order valence-electron chi connectivity index (χ1n) is 5.70. The molecule has 5 heteroatoms. The molecule has 2 aromatic rings. The lowest BCUT2D eigenvalue weighted by Gasteiger charge is -2.06. The first kappa shape index (κ1) is 12.6. The topological polar surface area (TPSA) is 54.0 Å². The van der Waals surface area contributed by atoms with Crippen molar-refractivity contribution in [2.24, 2.45) is 0 Å². The van der Waals surface area contributed by atoms with E-state index in [-0.39, 0.29) is 6.03 Å². The number of rotatable bonds is 4. The van der Waals surface area contributed by atoms with E-state index in [1.165, 1.54) is 4.88 Å². The Morgan fingerprint density at radius 2 is 1.89 bits per heavy atom. The third kappa shape index (κ3) is 3.85. The van der Waals surface area contributed by atoms with E-state index in [0.717, 1.165) is 10.4 Å². The number of urea groups is 1. The zero-order valence-corrected chi connectivity index (χ0v) is 11.0. The van der Waals surface area contributed by atoms with Crippen molar-refractivity contribution in [2.45, 2.75) is 20.0 Å². The second kappa shape index (κ2) is 6.16. The maximum atomic E-state index is 11.6. The molecule has 0 unspecified atom stereocenters. The third-order valence-electron chi connectivity index (χ3n) is 2.42. The summed E-state index contributed by atoms with van der Waals surface area (Å²) in [7, 11) is 0. The van der Waals surface area contributed by atoms with Crippen molar-refractivity contribution in [3.05, 3.63) is 52.0 Å². The molecule has 0 radical (unpaired) electrons. The van der Waals surface area contributed by atoms with Gasteiger partial charge in [0.05, 0.1) is 6.54 Å². The summed E-state index contributed by atoms with van der Waals surface area (Å²) in [6.45, 7) is 3.14. The molecule has 2 rings (SSSR count). The molecule has 4 nitrogen and oxygen atoms in total. The molecule has 0 atom stereocenters. The van der Waals surface area contributed by atoms with Gasteiger partial charge in [-0.1, -0.05) is 0 Å². The second-order valence-corrected chi connectivity index (χ2v) is 5.28. The molecule has 94 valence electrons. The molecule has 0 fully saturated rings. The number of pyridine rings is 1. The predicted molar refractivity (Wildman–Crippen MR) is 72.4 cm³/mol. The van der Waals surface area contributed by atoms with Crippen molar-refractivity contribution in [2.75, 3.05) is 0 Å². The van der Waals surface area contributed by atoms with Crippen LogP contribution in [-0.2, 0) is 13.1 Å². The van der Waals surface area contributed by atoms with Crippen LogP contribution < -0.4 is 10.6 Å². The van der Waals surface area contributed by atoms with Gasteiger partial charge in [0, 0.05) is 28.7 Å². The fraction of sp³-hybridized carbons (Fsp3) is 0.231. The summed E-state index contributed by atoms with van der Waals surface area (Å²) in [5, 5.41) is 5.63. The van der Waals surface area contributed by atoms with E-state index in [9.17, 15) is 4.79 Å². The lowest BCUT2D eigenvalue weighted by Crippen LogP contribution is -2.34. The second-order valence-electron chi connectivity index (χ2n) is 3.90. The maximum Gasteiger partial charge on any atom is 0.315 e. The van der Waals surface area contributed by atoms with Gasteiger partial charge >= 0.3 is 6.03 Å². The highest BCUT2D eigenvalue weighted by molar-refractivity contribution is 7.11. The van der Waals surface area contributed by atoms with Crippen LogP contribution in [0.1, 0.15) is 15.3 Å². The minimum atomic E-state index is -0.155. The molecule has 0 saturated carbocycles. The molecule has 2 aromatic heterocycles. The number of nitrogens with one attached hydrogen (secondary N) is 2. The Balaban J connectivity index is 1.73. The van der Waals surface area contributed by atoms with E-state index >= 15 is 0 Å². The Hall–Kier alpha value is -1.88. The van der Waals surface area contributed by atoms with Gasteiger partial charge in [-0.15, -0.1) is 11.3 Å². The molecule has 0 saturated heterocycles. The van der Waals surface area contributed by atoms with Crippen molar-refractivity contribution in [1.82, 2.24) is 15.6 Å². The Kier molecular flexibility index (Phi) is 4.30. The number of aromatic nitrogens is 1. The zero-order chi connectivity index (χ0) is 12.8. The van der Waals surface area contributed by atoms with Gasteiger partial charge in [-0.05, 0) is 36.8 Å². The molecule has 0 aliphatic heterocycles. The van der Waals surface area contributed by atoms with Gasteiger partial charge in [0.1, 0.15) is 0 Å². The van der Waals surface area contributed by atoms with E-state index in [0.29, 0.717) is 13.1 Å². The summed E-state index contributed by atoms with van der Waals surface area (Å²) in [5.41, 5.74) is 1.03. The fourth-order valence-corrected chi connectivity index (χ4v) is 2.32. The number of hydrogen-bond donors (Lipinski definition) is 2. The van der Waals surface area contributed by atoms with E-state index < -0.39 is 0 Å². The molecule has 18 heavy (non-hydrogen) atoms. The molecule has 2 heterocycles. The fourth-order valence-electron chi connectivity index (χ4n) is 1.49. The van der Waals surface area contributed by atoms with Crippen molar-refractivity contribution < 1.29 is 4.79 Å². The molecule has 0 bridgehead atoms. The summed E-state index contributed by atoms with van der Waals surface area (Å²) in [5.74, 6) is 0. The Morgan fingerprint density at radius 3 is 2.56 bits per heavy atom. The molecule has 0 aliphatic rings. The largest absolute Gasteiger partial charge is 0.334 e. The summed E-state index contributed by atoms with van der Waals surface area (Å²) in [4.78, 5) is 17.9. The standard InChI is InChI=1S/C13H15N3OS/c1-10-2-3-12(18-10)9-16-13(17)15-8-11-4-6-14-7-5-11/h2-7H,8-9H2,1H3,(H2,15,16,17). The summed E-state index contributed by atoms with van der Waals surface area (Å²) < 4.78 is 0. The van der Waals surface area contributed by atoms with E-state index in [4.69, 9.17) is 0 Å². The van der Waals surface area contributed by atoms with Crippen LogP contribution in [0.3, 0.4) is 0 Å². The smallest absolute Gasteiger partial charge is 0.315 e. The van der Waals surface area contributed by atoms with Gasteiger partial charge in [-0.3, -0.25) is 4.98 Å². The number of aryl methyl sites for hydroxylation is 1. The van der Waals surface area contributed by atoms with Gasteiger partial charge in [-0.2, -0.15) is 0 Å². The molecule has 0 spiro atoms. The highest BCUT2D eigenvalue weighted by Crippen LogP contribution is 2.14. The first-order valence-corrected chi connectivity index (χ1v) is 6.51. The van der Waals surface area contributed by atoms with Crippen LogP contribution >= 0.6 is 11.3 Å². The molecule has 0 aliphatic carbocycles. The lowest BCUT2D eigenvalue weighted by atomic mass is 10.3. The first-order chi connectivity index (χ1) is 8.74. The van der Waals surface area contributed by atoms with Crippen LogP contribution in [0.4, 0.5) is 4.79 Å². The van der Waals surface area contributed by atoms with E-state index in [2.05, 4.69) is 28.6 Å². The number of carbonyl (C=O) groups excluding carboxylic acids is 1. The van der Waals surface area contributed by atoms with Crippen molar-refractivity contribution in [3.8, 4) is 0 Å². The van der Waals surface area contributed by atoms with Crippen molar-refractivity contribution in [1.29, 1.82) is 0 Å². The number of nitrogens with zero attached hydrogens (tertiary/aromatic N) is 1. The summed E-state index contributed by atoms with van der Waals surface area (Å²) >= 11 is 1.69. The SMILES string of the molecule is Cc1ccc(CNC(=O)NCc2ccncc2)s1. The van der Waals surface area contributed by atoms with Gasteiger partial charge in [-0.25, -0.2) is 4.79 Å². The zero-order valence-electron chi connectivity index (χ0n) is 10.1. The van der Waals surface area contributed by atoms with Crippen LogP contribution in [0.5, 0.6) is 0 Å². The normalized spacial score (nSPS) is 10.1. The number of thiophene rings is 1. The monoisotopic (exact) mass is 261 g/mol. The van der Waals surface area contributed by atoms with Crippen LogP contribution in [0, 0.1) is 6.92 Å². The average molecular weight is 261 g/mol. The molecule has 0 aromatic carbocycles. The minimum Gasteiger partial charge on any atom is -0.334 e. The molecular weight excluding hydrogens is 246 g/mol. The average Bonchev–Trinajstić information content (AvgIpc) is 2.81. The van der Waals surface area contributed by atoms with Gasteiger partial charge < -0.3 is 10.6 Å². The van der Waals surface area contributed by atoms with Gasteiger partial charge in [0.2, 0.25) is 0 Å². The highest BCUT2D eigenvalue weighted by atomic mass is 32.1. The van der Waals surface area contributed by atoms with Crippen molar-refractivity contribution >= 4 is 17.4 Å². The van der Waals surface area contributed by atoms with E-state index in [1.807, 2.05) is 18.2 Å². The van der Waals surface area contributed by atoms with Crippen LogP contribution in [0.15, 0.2) is 36.7 Å². The molecule has 2 N–H and O–H groups in total. The summed E-state index contributed by atoms with van der Waals surface area (Å²) in [6.07, 6.45) is 3.42. The van der Waals surface area contributed by atoms with Crippen LogP contribution in [0.2, 0.25) is 0 Å². The number of carbonyl (C=O) groups is 1. The van der Waals surface area contributed by atoms with Gasteiger partial charge in [0.25, 0.3) is 0 Å². The molecule has 2 amide bonds. The van der Waals surface area contributed by atoms with Gasteiger partial charge in [0.15, 0.2) is 0 Å². The Morgan fingerprint density at radius 1 is 1.17 bits per heavy atom. The Labute approximate surface area is 110 Å². The predicted octanol–water partition coefficient (Wildman–Crippen LogP) is 2.45. The Bertz CT molecular complexity index is 510. The quantitative estimate of drug-likeness (QED) is 0.888.